The molecule has 0 fully saturated rings. The van der Waals surface area contributed by atoms with Crippen LogP contribution in [0.4, 0.5) is 0 Å². The molecule has 0 amide bonds. The molecule has 3 heteroatoms. The van der Waals surface area contributed by atoms with Crippen LogP contribution in [0.15, 0.2) is 54.6 Å². The van der Waals surface area contributed by atoms with Gasteiger partial charge in [0.25, 0.3) is 0 Å². The summed E-state index contributed by atoms with van der Waals surface area (Å²) >= 11 is 0. The van der Waals surface area contributed by atoms with Gasteiger partial charge in [0.1, 0.15) is 11.5 Å². The zero-order chi connectivity index (χ0) is 13.8. The molecule has 0 saturated heterocycles. The third-order valence-electron chi connectivity index (χ3n) is 3.79. The second kappa shape index (κ2) is 5.55. The van der Waals surface area contributed by atoms with Crippen LogP contribution in [0.1, 0.15) is 18.4 Å². The standard InChI is InChI=1S/C17H19NO2/c18-17(10-12-19-14-6-2-1-3-7-14)11-13-20-16-9-5-4-8-15(16)17/h1-9H,10-13,18H2. The predicted molar refractivity (Wildman–Crippen MR) is 79.0 cm³/mol. The lowest BCUT2D eigenvalue weighted by atomic mass is 9.83. The van der Waals surface area contributed by atoms with Crippen LogP contribution in [0.3, 0.4) is 0 Å². The number of fused-ring (bicyclic) bond motifs is 1. The maximum absolute atomic E-state index is 6.57. The zero-order valence-electron chi connectivity index (χ0n) is 11.4. The first-order valence-electron chi connectivity index (χ1n) is 6.97. The fourth-order valence-corrected chi connectivity index (χ4v) is 2.61. The molecule has 2 aromatic rings. The highest BCUT2D eigenvalue weighted by Crippen LogP contribution is 2.37. The van der Waals surface area contributed by atoms with Crippen LogP contribution in [0, 0.1) is 0 Å². The third kappa shape index (κ3) is 2.63. The molecule has 0 saturated carbocycles. The van der Waals surface area contributed by atoms with Crippen molar-refractivity contribution in [1.82, 2.24) is 0 Å². The van der Waals surface area contributed by atoms with Gasteiger partial charge in [0.2, 0.25) is 0 Å². The van der Waals surface area contributed by atoms with Crippen LogP contribution >= 0.6 is 0 Å². The van der Waals surface area contributed by atoms with Crippen molar-refractivity contribution in [2.24, 2.45) is 5.73 Å². The van der Waals surface area contributed by atoms with Gasteiger partial charge in [-0.25, -0.2) is 0 Å². The molecule has 1 aliphatic heterocycles. The fourth-order valence-electron chi connectivity index (χ4n) is 2.61. The van der Waals surface area contributed by atoms with Crippen molar-refractivity contribution in [2.45, 2.75) is 18.4 Å². The number of rotatable bonds is 4. The molecule has 1 heterocycles. The summed E-state index contributed by atoms with van der Waals surface area (Å²) in [5.41, 5.74) is 7.30. The Morgan fingerprint density at radius 3 is 2.65 bits per heavy atom. The highest BCUT2D eigenvalue weighted by atomic mass is 16.5. The molecule has 0 aliphatic carbocycles. The van der Waals surface area contributed by atoms with E-state index in [-0.39, 0.29) is 5.54 Å². The topological polar surface area (TPSA) is 44.5 Å². The maximum atomic E-state index is 6.57. The summed E-state index contributed by atoms with van der Waals surface area (Å²) < 4.78 is 11.4. The average Bonchev–Trinajstić information content (AvgIpc) is 2.49. The Bertz CT molecular complexity index is 570. The van der Waals surface area contributed by atoms with E-state index in [9.17, 15) is 0 Å². The quantitative estimate of drug-likeness (QED) is 0.927. The lowest BCUT2D eigenvalue weighted by Crippen LogP contribution is -2.42. The van der Waals surface area contributed by atoms with E-state index in [0.717, 1.165) is 29.9 Å². The van der Waals surface area contributed by atoms with Crippen molar-refractivity contribution < 1.29 is 9.47 Å². The van der Waals surface area contributed by atoms with E-state index in [1.165, 1.54) is 0 Å². The van der Waals surface area contributed by atoms with E-state index in [2.05, 4.69) is 6.07 Å². The Kier molecular flexibility index (Phi) is 3.61. The van der Waals surface area contributed by atoms with Crippen molar-refractivity contribution in [3.63, 3.8) is 0 Å². The van der Waals surface area contributed by atoms with Crippen molar-refractivity contribution in [2.75, 3.05) is 13.2 Å². The van der Waals surface area contributed by atoms with Crippen LogP contribution in [0.2, 0.25) is 0 Å². The third-order valence-corrected chi connectivity index (χ3v) is 3.79. The zero-order valence-corrected chi connectivity index (χ0v) is 11.4. The van der Waals surface area contributed by atoms with E-state index in [1.54, 1.807) is 0 Å². The van der Waals surface area contributed by atoms with Gasteiger partial charge in [-0.2, -0.15) is 0 Å². The first-order valence-corrected chi connectivity index (χ1v) is 6.97. The molecular weight excluding hydrogens is 250 g/mol. The van der Waals surface area contributed by atoms with Crippen molar-refractivity contribution in [1.29, 1.82) is 0 Å². The largest absolute Gasteiger partial charge is 0.494 e. The van der Waals surface area contributed by atoms with Crippen molar-refractivity contribution in [3.05, 3.63) is 60.2 Å². The van der Waals surface area contributed by atoms with E-state index in [4.69, 9.17) is 15.2 Å². The Balaban J connectivity index is 1.68. The first-order chi connectivity index (χ1) is 9.78. The summed E-state index contributed by atoms with van der Waals surface area (Å²) in [7, 11) is 0. The summed E-state index contributed by atoms with van der Waals surface area (Å²) in [5.74, 6) is 1.79. The maximum Gasteiger partial charge on any atom is 0.124 e. The van der Waals surface area contributed by atoms with Crippen LogP contribution in [-0.2, 0) is 5.54 Å². The summed E-state index contributed by atoms with van der Waals surface area (Å²) in [6.45, 7) is 1.27. The molecule has 0 radical (unpaired) electrons. The molecule has 1 aliphatic rings. The van der Waals surface area contributed by atoms with Gasteiger partial charge in [-0.3, -0.25) is 0 Å². The minimum atomic E-state index is -0.358. The van der Waals surface area contributed by atoms with Gasteiger partial charge in [0.05, 0.1) is 18.8 Å². The van der Waals surface area contributed by atoms with E-state index >= 15 is 0 Å². The van der Waals surface area contributed by atoms with Gasteiger partial charge < -0.3 is 15.2 Å². The van der Waals surface area contributed by atoms with Crippen LogP contribution in [0.25, 0.3) is 0 Å². The van der Waals surface area contributed by atoms with Crippen LogP contribution in [-0.4, -0.2) is 13.2 Å². The predicted octanol–water partition coefficient (Wildman–Crippen LogP) is 3.09. The normalized spacial score (nSPS) is 20.9. The number of ether oxygens (including phenoxy) is 2. The molecule has 2 aromatic carbocycles. The Morgan fingerprint density at radius 1 is 1.05 bits per heavy atom. The molecule has 3 rings (SSSR count). The molecule has 0 bridgehead atoms. The molecule has 2 N–H and O–H groups in total. The number of hydrogen-bond acceptors (Lipinski definition) is 3. The number of para-hydroxylation sites is 2. The summed E-state index contributed by atoms with van der Waals surface area (Å²) in [6.07, 6.45) is 1.60. The monoisotopic (exact) mass is 269 g/mol. The Morgan fingerprint density at radius 2 is 1.80 bits per heavy atom. The number of nitrogens with two attached hydrogens (primary N) is 1. The lowest BCUT2D eigenvalue weighted by Gasteiger charge is -2.35. The second-order valence-corrected chi connectivity index (χ2v) is 5.16. The molecule has 20 heavy (non-hydrogen) atoms. The number of benzene rings is 2. The molecular formula is C17H19NO2. The van der Waals surface area contributed by atoms with Gasteiger partial charge >= 0.3 is 0 Å². The van der Waals surface area contributed by atoms with Gasteiger partial charge in [-0.15, -0.1) is 0 Å². The Hall–Kier alpha value is -2.00. The smallest absolute Gasteiger partial charge is 0.124 e. The molecule has 0 spiro atoms. The minimum Gasteiger partial charge on any atom is -0.494 e. The molecule has 3 nitrogen and oxygen atoms in total. The number of hydrogen-bond donors (Lipinski definition) is 1. The van der Waals surface area contributed by atoms with E-state index < -0.39 is 0 Å². The highest BCUT2D eigenvalue weighted by Gasteiger charge is 2.33. The van der Waals surface area contributed by atoms with E-state index in [0.29, 0.717) is 13.2 Å². The molecule has 104 valence electrons. The summed E-state index contributed by atoms with van der Waals surface area (Å²) in [4.78, 5) is 0. The van der Waals surface area contributed by atoms with Gasteiger partial charge in [0.15, 0.2) is 0 Å². The van der Waals surface area contributed by atoms with Gasteiger partial charge in [-0.1, -0.05) is 36.4 Å². The van der Waals surface area contributed by atoms with Gasteiger partial charge in [-0.05, 0) is 18.2 Å². The molecule has 1 unspecified atom stereocenters. The van der Waals surface area contributed by atoms with Crippen molar-refractivity contribution in [3.8, 4) is 11.5 Å². The molecule has 1 atom stereocenters. The minimum absolute atomic E-state index is 0.358. The lowest BCUT2D eigenvalue weighted by molar-refractivity contribution is 0.182. The van der Waals surface area contributed by atoms with Crippen LogP contribution in [0.5, 0.6) is 11.5 Å². The SMILES string of the molecule is NC1(CCOc2ccccc2)CCOc2ccccc21. The summed E-state index contributed by atoms with van der Waals surface area (Å²) in [6, 6.07) is 17.9. The molecule has 0 aromatic heterocycles. The second-order valence-electron chi connectivity index (χ2n) is 5.16. The average molecular weight is 269 g/mol. The summed E-state index contributed by atoms with van der Waals surface area (Å²) in [5, 5.41) is 0. The van der Waals surface area contributed by atoms with Gasteiger partial charge in [0, 0.05) is 18.4 Å². The van der Waals surface area contributed by atoms with Crippen molar-refractivity contribution >= 4 is 0 Å². The first kappa shape index (κ1) is 13.0. The van der Waals surface area contributed by atoms with Crippen LogP contribution < -0.4 is 15.2 Å². The highest BCUT2D eigenvalue weighted by molar-refractivity contribution is 5.40. The fraction of sp³-hybridized carbons (Fsp3) is 0.294. The van der Waals surface area contributed by atoms with E-state index in [1.807, 2.05) is 48.5 Å². The Labute approximate surface area is 119 Å².